The van der Waals surface area contributed by atoms with Crippen LogP contribution < -0.4 is 18.9 Å². The van der Waals surface area contributed by atoms with Gasteiger partial charge in [0.25, 0.3) is 0 Å². The highest BCUT2D eigenvalue weighted by atomic mass is 16.7. The molecule has 1 aromatic carbocycles. The van der Waals surface area contributed by atoms with Crippen LogP contribution in [-0.2, 0) is 0 Å². The lowest BCUT2D eigenvalue weighted by molar-refractivity contribution is -0.400. The molecular weight excluding hydrogens is 242 g/mol. The lowest BCUT2D eigenvalue weighted by Crippen LogP contribution is -1.96. The van der Waals surface area contributed by atoms with Gasteiger partial charge in [0.15, 0.2) is 11.5 Å². The van der Waals surface area contributed by atoms with Crippen LogP contribution >= 0.6 is 0 Å². The molecule has 0 unspecified atom stereocenters. The molecule has 7 heteroatoms. The number of fused-ring (bicyclic) bond motifs is 1. The fourth-order valence-electron chi connectivity index (χ4n) is 1.68. The van der Waals surface area contributed by atoms with Crippen molar-refractivity contribution in [1.29, 1.82) is 0 Å². The predicted octanol–water partition coefficient (Wildman–Crippen LogP) is 1.68. The Balaban J connectivity index is 2.55. The van der Waals surface area contributed by atoms with E-state index in [1.54, 1.807) is 6.07 Å². The van der Waals surface area contributed by atoms with Crippen LogP contribution in [0, 0.1) is 10.1 Å². The predicted molar refractivity (Wildman–Crippen MR) is 61.7 cm³/mol. The van der Waals surface area contributed by atoms with E-state index in [1.165, 1.54) is 20.3 Å². The summed E-state index contributed by atoms with van der Waals surface area (Å²) < 4.78 is 20.9. The van der Waals surface area contributed by atoms with Gasteiger partial charge in [-0.2, -0.15) is 0 Å². The second-order valence-corrected chi connectivity index (χ2v) is 3.37. The molecule has 0 amide bonds. The second-order valence-electron chi connectivity index (χ2n) is 3.37. The van der Waals surface area contributed by atoms with Gasteiger partial charge in [0.05, 0.1) is 19.1 Å². The summed E-state index contributed by atoms with van der Waals surface area (Å²) in [6, 6.07) is 1.60. The van der Waals surface area contributed by atoms with E-state index in [0.29, 0.717) is 28.6 Å². The molecule has 0 saturated carbocycles. The quantitative estimate of drug-likeness (QED) is 0.600. The van der Waals surface area contributed by atoms with Crippen molar-refractivity contribution in [2.45, 2.75) is 0 Å². The molecule has 0 fully saturated rings. The minimum Gasteiger partial charge on any atom is -0.492 e. The Labute approximate surface area is 103 Å². The van der Waals surface area contributed by atoms with Crippen LogP contribution in [0.2, 0.25) is 0 Å². The monoisotopic (exact) mass is 253 g/mol. The minimum atomic E-state index is -0.559. The first-order valence-corrected chi connectivity index (χ1v) is 5.03. The van der Waals surface area contributed by atoms with E-state index >= 15 is 0 Å². The first kappa shape index (κ1) is 12.0. The molecule has 0 bridgehead atoms. The van der Waals surface area contributed by atoms with Crippen LogP contribution in [0.4, 0.5) is 0 Å². The van der Waals surface area contributed by atoms with Crippen molar-refractivity contribution in [2.75, 3.05) is 21.0 Å². The van der Waals surface area contributed by atoms with E-state index in [0.717, 1.165) is 6.20 Å². The van der Waals surface area contributed by atoms with E-state index < -0.39 is 4.92 Å². The highest BCUT2D eigenvalue weighted by Crippen LogP contribution is 2.49. The number of hydrogen-bond acceptors (Lipinski definition) is 6. The summed E-state index contributed by atoms with van der Waals surface area (Å²) in [4.78, 5) is 9.79. The molecule has 1 aromatic rings. The smallest absolute Gasteiger partial charge is 0.235 e. The van der Waals surface area contributed by atoms with Crippen molar-refractivity contribution in [3.63, 3.8) is 0 Å². The highest BCUT2D eigenvalue weighted by molar-refractivity contribution is 5.71. The summed E-state index contributed by atoms with van der Waals surface area (Å²) in [5, 5.41) is 10.4. The fourth-order valence-corrected chi connectivity index (χ4v) is 1.68. The molecular formula is C11H11NO6. The van der Waals surface area contributed by atoms with Crippen LogP contribution in [0.25, 0.3) is 6.08 Å². The maximum atomic E-state index is 10.4. The van der Waals surface area contributed by atoms with Crippen LogP contribution in [0.3, 0.4) is 0 Å². The van der Waals surface area contributed by atoms with E-state index in [2.05, 4.69) is 0 Å². The molecule has 2 rings (SSSR count). The van der Waals surface area contributed by atoms with Crippen molar-refractivity contribution in [3.05, 3.63) is 27.9 Å². The molecule has 0 spiro atoms. The Bertz CT molecular complexity index is 511. The molecule has 1 aliphatic heterocycles. The van der Waals surface area contributed by atoms with Gasteiger partial charge < -0.3 is 18.9 Å². The van der Waals surface area contributed by atoms with Crippen molar-refractivity contribution in [1.82, 2.24) is 0 Å². The number of rotatable bonds is 4. The summed E-state index contributed by atoms with van der Waals surface area (Å²) in [7, 11) is 2.91. The van der Waals surface area contributed by atoms with E-state index in [9.17, 15) is 10.1 Å². The molecule has 7 nitrogen and oxygen atoms in total. The Morgan fingerprint density at radius 3 is 2.67 bits per heavy atom. The average Bonchev–Trinajstić information content (AvgIpc) is 2.81. The molecule has 0 saturated heterocycles. The van der Waals surface area contributed by atoms with Gasteiger partial charge in [0.1, 0.15) is 0 Å². The van der Waals surface area contributed by atoms with Gasteiger partial charge in [0.2, 0.25) is 24.5 Å². The van der Waals surface area contributed by atoms with Crippen molar-refractivity contribution in [3.8, 4) is 23.0 Å². The van der Waals surface area contributed by atoms with Crippen LogP contribution in [-0.4, -0.2) is 25.9 Å². The van der Waals surface area contributed by atoms with Gasteiger partial charge in [-0.1, -0.05) is 0 Å². The highest BCUT2D eigenvalue weighted by Gasteiger charge is 2.25. The summed E-state index contributed by atoms with van der Waals surface area (Å²) in [6.45, 7) is 0.0806. The zero-order chi connectivity index (χ0) is 13.1. The molecule has 18 heavy (non-hydrogen) atoms. The first-order valence-electron chi connectivity index (χ1n) is 5.03. The second kappa shape index (κ2) is 4.82. The molecule has 1 heterocycles. The van der Waals surface area contributed by atoms with Gasteiger partial charge in [-0.25, -0.2) is 0 Å². The fraction of sp³-hybridized carbons (Fsp3) is 0.273. The van der Waals surface area contributed by atoms with Crippen LogP contribution in [0.5, 0.6) is 23.0 Å². The van der Waals surface area contributed by atoms with E-state index in [-0.39, 0.29) is 6.79 Å². The molecule has 0 aromatic heterocycles. The lowest BCUT2D eigenvalue weighted by Gasteiger charge is -2.12. The number of hydrogen-bond donors (Lipinski definition) is 0. The zero-order valence-corrected chi connectivity index (χ0v) is 9.84. The van der Waals surface area contributed by atoms with Crippen molar-refractivity contribution < 1.29 is 23.9 Å². The van der Waals surface area contributed by atoms with Gasteiger partial charge >= 0.3 is 0 Å². The first-order chi connectivity index (χ1) is 8.67. The van der Waals surface area contributed by atoms with Crippen molar-refractivity contribution >= 4 is 6.08 Å². The Kier molecular flexibility index (Phi) is 3.22. The summed E-state index contributed by atoms with van der Waals surface area (Å²) >= 11 is 0. The Morgan fingerprint density at radius 1 is 1.33 bits per heavy atom. The third kappa shape index (κ3) is 2.02. The normalized spacial score (nSPS) is 12.8. The standard InChI is InChI=1S/C11H11NO6/c1-15-9-7(3-4-12(13)14)5-8-10(11(9)16-2)18-6-17-8/h3-5H,6H2,1-2H3. The third-order valence-corrected chi connectivity index (χ3v) is 2.39. The molecule has 0 atom stereocenters. The number of nitro groups is 1. The number of benzene rings is 1. The molecule has 96 valence electrons. The minimum absolute atomic E-state index is 0.0806. The number of ether oxygens (including phenoxy) is 4. The average molecular weight is 253 g/mol. The summed E-state index contributed by atoms with van der Waals surface area (Å²) in [5.74, 6) is 1.62. The van der Waals surface area contributed by atoms with Crippen molar-refractivity contribution in [2.24, 2.45) is 0 Å². The largest absolute Gasteiger partial charge is 0.492 e. The number of nitrogens with zero attached hydrogens (tertiary/aromatic N) is 1. The van der Waals surface area contributed by atoms with Crippen LogP contribution in [0.1, 0.15) is 5.56 Å². The number of methoxy groups -OCH3 is 2. The van der Waals surface area contributed by atoms with Gasteiger partial charge in [-0.05, 0) is 6.07 Å². The maximum Gasteiger partial charge on any atom is 0.235 e. The lowest BCUT2D eigenvalue weighted by atomic mass is 10.1. The Hall–Kier alpha value is -2.44. The summed E-state index contributed by atoms with van der Waals surface area (Å²) in [5.41, 5.74) is 0.482. The maximum absolute atomic E-state index is 10.4. The topological polar surface area (TPSA) is 80.1 Å². The zero-order valence-electron chi connectivity index (χ0n) is 9.84. The Morgan fingerprint density at radius 2 is 2.06 bits per heavy atom. The third-order valence-electron chi connectivity index (χ3n) is 2.39. The van der Waals surface area contributed by atoms with E-state index in [4.69, 9.17) is 18.9 Å². The van der Waals surface area contributed by atoms with E-state index in [1.807, 2.05) is 0 Å². The van der Waals surface area contributed by atoms with Gasteiger partial charge in [-0.15, -0.1) is 0 Å². The van der Waals surface area contributed by atoms with Crippen LogP contribution in [0.15, 0.2) is 12.3 Å². The van der Waals surface area contributed by atoms with Gasteiger partial charge in [-0.3, -0.25) is 10.1 Å². The SMILES string of the molecule is COc1c(C=C[N+](=O)[O-])cc2c(c1OC)OCO2. The van der Waals surface area contributed by atoms with Gasteiger partial charge in [0, 0.05) is 11.6 Å². The molecule has 0 radical (unpaired) electrons. The molecule has 0 N–H and O–H groups in total. The molecule has 0 aliphatic carbocycles. The molecule has 1 aliphatic rings. The summed E-state index contributed by atoms with van der Waals surface area (Å²) in [6.07, 6.45) is 2.13.